The minimum atomic E-state index is -1.44. The number of rotatable bonds is 3. The van der Waals surface area contributed by atoms with Gasteiger partial charge in [-0.25, -0.2) is 15.1 Å². The summed E-state index contributed by atoms with van der Waals surface area (Å²) in [6, 6.07) is 3.51. The van der Waals surface area contributed by atoms with E-state index in [9.17, 15) is 14.2 Å². The fourth-order valence-corrected chi connectivity index (χ4v) is 1.26. The largest absolute Gasteiger partial charge is 0.508 e. The number of ether oxygens (including phenoxy) is 1. The van der Waals surface area contributed by atoms with Gasteiger partial charge in [-0.2, -0.15) is 0 Å². The predicted octanol–water partition coefficient (Wildman–Crippen LogP) is 0.359. The van der Waals surface area contributed by atoms with Crippen molar-refractivity contribution in [2.75, 3.05) is 0 Å². The molecule has 0 unspecified atom stereocenters. The molecule has 0 aliphatic heterocycles. The van der Waals surface area contributed by atoms with E-state index in [0.29, 0.717) is 0 Å². The van der Waals surface area contributed by atoms with Gasteiger partial charge in [0.25, 0.3) is 0 Å². The van der Waals surface area contributed by atoms with Gasteiger partial charge >= 0.3 is 13.1 Å². The first kappa shape index (κ1) is 14.6. The molecule has 0 fully saturated rings. The van der Waals surface area contributed by atoms with Crippen LogP contribution in [-0.4, -0.2) is 23.7 Å². The molecule has 98 valence electrons. The van der Waals surface area contributed by atoms with E-state index in [0.717, 1.165) is 6.07 Å². The minimum Gasteiger partial charge on any atom is -0.456 e. The molecular weight excluding hydrogens is 240 g/mol. The Bertz CT molecular complexity index is 447. The van der Waals surface area contributed by atoms with Crippen LogP contribution in [0.1, 0.15) is 31.1 Å². The number of halogens is 1. The van der Waals surface area contributed by atoms with Crippen molar-refractivity contribution in [3.8, 4) is 0 Å². The Morgan fingerprint density at radius 1 is 1.44 bits per heavy atom. The van der Waals surface area contributed by atoms with E-state index in [1.165, 1.54) is 12.1 Å². The zero-order chi connectivity index (χ0) is 13.9. The van der Waals surface area contributed by atoms with Crippen LogP contribution in [0.4, 0.5) is 4.39 Å². The van der Waals surface area contributed by atoms with Crippen molar-refractivity contribution in [2.24, 2.45) is 5.90 Å². The van der Waals surface area contributed by atoms with E-state index >= 15 is 0 Å². The van der Waals surface area contributed by atoms with Gasteiger partial charge in [0.15, 0.2) is 0 Å². The third-order valence-electron chi connectivity index (χ3n) is 2.03. The van der Waals surface area contributed by atoms with Crippen LogP contribution < -0.4 is 11.4 Å². The average molecular weight is 255 g/mol. The van der Waals surface area contributed by atoms with Crippen molar-refractivity contribution in [1.82, 2.24) is 0 Å². The second-order valence-electron chi connectivity index (χ2n) is 4.73. The molecule has 1 rings (SSSR count). The topological polar surface area (TPSA) is 81.8 Å². The maximum Gasteiger partial charge on any atom is 0.508 e. The Balaban J connectivity index is 2.96. The second kappa shape index (κ2) is 5.47. The van der Waals surface area contributed by atoms with Crippen LogP contribution in [-0.2, 0) is 9.49 Å². The van der Waals surface area contributed by atoms with Gasteiger partial charge in [-0.3, -0.25) is 0 Å². The van der Waals surface area contributed by atoms with Gasteiger partial charge in [0.05, 0.1) is 5.56 Å². The van der Waals surface area contributed by atoms with Crippen LogP contribution in [0.5, 0.6) is 0 Å². The fourth-order valence-electron chi connectivity index (χ4n) is 1.26. The monoisotopic (exact) mass is 255 g/mol. The molecule has 0 aliphatic rings. The molecule has 0 aromatic heterocycles. The number of nitrogens with two attached hydrogens (primary N) is 1. The van der Waals surface area contributed by atoms with Gasteiger partial charge in [0, 0.05) is 0 Å². The first-order valence-electron chi connectivity index (χ1n) is 5.31. The number of hydrogen-bond acceptors (Lipinski definition) is 5. The van der Waals surface area contributed by atoms with Crippen molar-refractivity contribution in [1.29, 1.82) is 0 Å². The van der Waals surface area contributed by atoms with Crippen molar-refractivity contribution in [2.45, 2.75) is 26.4 Å². The lowest BCUT2D eigenvalue weighted by Crippen LogP contribution is -2.36. The van der Waals surface area contributed by atoms with Crippen molar-refractivity contribution in [3.05, 3.63) is 29.6 Å². The summed E-state index contributed by atoms with van der Waals surface area (Å²) in [4.78, 5) is 11.7. The summed E-state index contributed by atoms with van der Waals surface area (Å²) in [5, 5.41) is 9.24. The Morgan fingerprint density at radius 2 is 2.06 bits per heavy atom. The maximum absolute atomic E-state index is 13.7. The third-order valence-corrected chi connectivity index (χ3v) is 2.03. The van der Waals surface area contributed by atoms with Crippen molar-refractivity contribution >= 4 is 18.6 Å². The van der Waals surface area contributed by atoms with Gasteiger partial charge in [0.2, 0.25) is 0 Å². The molecule has 0 saturated heterocycles. The van der Waals surface area contributed by atoms with E-state index in [1.807, 2.05) is 0 Å². The van der Waals surface area contributed by atoms with Crippen molar-refractivity contribution < 1.29 is 23.7 Å². The Hall–Kier alpha value is -1.44. The normalized spacial score (nSPS) is 11.2. The highest BCUT2D eigenvalue weighted by Crippen LogP contribution is 2.14. The first-order valence-corrected chi connectivity index (χ1v) is 5.31. The molecule has 0 bridgehead atoms. The molecule has 0 heterocycles. The highest BCUT2D eigenvalue weighted by molar-refractivity contribution is 6.59. The molecule has 0 atom stereocenters. The molecular formula is C11H15BFNO4. The summed E-state index contributed by atoms with van der Waals surface area (Å²) < 4.78 is 22.8. The quantitative estimate of drug-likeness (QED) is 0.463. The van der Waals surface area contributed by atoms with Gasteiger partial charge in [-0.15, -0.1) is 0 Å². The zero-order valence-electron chi connectivity index (χ0n) is 10.4. The molecule has 3 N–H and O–H groups in total. The summed E-state index contributed by atoms with van der Waals surface area (Å²) >= 11 is 0. The lowest BCUT2D eigenvalue weighted by molar-refractivity contribution is 0.00647. The summed E-state index contributed by atoms with van der Waals surface area (Å²) in [6.45, 7) is 5.05. The number of carbonyl (C=O) groups excluding carboxylic acids is 1. The second-order valence-corrected chi connectivity index (χ2v) is 4.73. The van der Waals surface area contributed by atoms with E-state index in [-0.39, 0.29) is 11.0 Å². The summed E-state index contributed by atoms with van der Waals surface area (Å²) in [5.41, 5.74) is -0.803. The maximum atomic E-state index is 13.7. The van der Waals surface area contributed by atoms with Crippen LogP contribution >= 0.6 is 0 Å². The van der Waals surface area contributed by atoms with Crippen LogP contribution in [0.3, 0.4) is 0 Å². The molecule has 0 radical (unpaired) electrons. The van der Waals surface area contributed by atoms with E-state index in [2.05, 4.69) is 4.76 Å². The average Bonchev–Trinajstić information content (AvgIpc) is 2.25. The standard InChI is InChI=1S/C11H15BFNO4/c1-11(2,3)17-10(15)8-5-4-7(6-9(8)13)12(16)18-14/h4-6,16H,14H2,1-3H3. The molecule has 5 nitrogen and oxygen atoms in total. The Morgan fingerprint density at radius 3 is 2.50 bits per heavy atom. The van der Waals surface area contributed by atoms with Crippen LogP contribution in [0.2, 0.25) is 0 Å². The molecule has 1 aromatic carbocycles. The number of hydrogen-bond donors (Lipinski definition) is 2. The molecule has 0 amide bonds. The molecule has 1 aromatic rings. The highest BCUT2D eigenvalue weighted by Gasteiger charge is 2.23. The lowest BCUT2D eigenvalue weighted by atomic mass is 9.79. The van der Waals surface area contributed by atoms with Gasteiger partial charge in [0.1, 0.15) is 11.4 Å². The van der Waals surface area contributed by atoms with E-state index in [1.54, 1.807) is 20.8 Å². The number of esters is 1. The van der Waals surface area contributed by atoms with E-state index in [4.69, 9.17) is 10.6 Å². The fraction of sp³-hybridized carbons (Fsp3) is 0.364. The number of benzene rings is 1. The highest BCUT2D eigenvalue weighted by atomic mass is 19.1. The smallest absolute Gasteiger partial charge is 0.456 e. The first-order chi connectivity index (χ1) is 8.24. The molecule has 18 heavy (non-hydrogen) atoms. The molecule has 0 aliphatic carbocycles. The van der Waals surface area contributed by atoms with Crippen molar-refractivity contribution in [3.63, 3.8) is 0 Å². The van der Waals surface area contributed by atoms with Crippen LogP contribution in [0, 0.1) is 5.82 Å². The number of carbonyl (C=O) groups is 1. The lowest BCUT2D eigenvalue weighted by Gasteiger charge is -2.19. The summed E-state index contributed by atoms with van der Waals surface area (Å²) in [7, 11) is -1.44. The van der Waals surface area contributed by atoms with Gasteiger partial charge in [-0.05, 0) is 38.4 Å². The molecule has 0 spiro atoms. The zero-order valence-corrected chi connectivity index (χ0v) is 10.4. The van der Waals surface area contributed by atoms with Crippen LogP contribution in [0.15, 0.2) is 18.2 Å². The van der Waals surface area contributed by atoms with Gasteiger partial charge < -0.3 is 14.5 Å². The summed E-state index contributed by atoms with van der Waals surface area (Å²) in [5.74, 6) is 3.19. The Kier molecular flexibility index (Phi) is 4.45. The van der Waals surface area contributed by atoms with Crippen LogP contribution in [0.25, 0.3) is 0 Å². The SMILES string of the molecule is CC(C)(C)OC(=O)c1ccc(B(O)ON)cc1F. The third kappa shape index (κ3) is 3.80. The summed E-state index contributed by atoms with van der Waals surface area (Å²) in [6.07, 6.45) is 0. The Labute approximate surface area is 105 Å². The minimum absolute atomic E-state index is 0.113. The predicted molar refractivity (Wildman–Crippen MR) is 64.4 cm³/mol. The van der Waals surface area contributed by atoms with Gasteiger partial charge in [-0.1, -0.05) is 6.07 Å². The molecule has 0 saturated carbocycles. The molecule has 7 heteroatoms. The van der Waals surface area contributed by atoms with E-state index < -0.39 is 24.5 Å².